The first kappa shape index (κ1) is 14.4. The highest BCUT2D eigenvalue weighted by molar-refractivity contribution is 6.31. The van der Waals surface area contributed by atoms with Gasteiger partial charge in [0.1, 0.15) is 0 Å². The highest BCUT2D eigenvalue weighted by Gasteiger charge is 2.11. The molecule has 0 radical (unpaired) electrons. The van der Waals surface area contributed by atoms with E-state index in [4.69, 9.17) is 23.2 Å². The van der Waals surface area contributed by atoms with Gasteiger partial charge in [-0.1, -0.05) is 55.3 Å². The van der Waals surface area contributed by atoms with Crippen LogP contribution in [0.25, 0.3) is 0 Å². The van der Waals surface area contributed by atoms with Crippen LogP contribution in [-0.2, 0) is 6.42 Å². The largest absolute Gasteiger partial charge is 0.113 e. The predicted molar refractivity (Wildman–Crippen MR) is 84.3 cm³/mol. The van der Waals surface area contributed by atoms with Gasteiger partial charge in [-0.15, -0.1) is 11.6 Å². The molecule has 2 aromatic carbocycles. The van der Waals surface area contributed by atoms with Crippen molar-refractivity contribution in [2.75, 3.05) is 0 Å². The van der Waals surface area contributed by atoms with Crippen LogP contribution in [0.3, 0.4) is 0 Å². The van der Waals surface area contributed by atoms with E-state index in [1.807, 2.05) is 19.1 Å². The smallest absolute Gasteiger partial charge is 0.0836 e. The molecule has 0 N–H and O–H groups in total. The van der Waals surface area contributed by atoms with Gasteiger partial charge in [-0.2, -0.15) is 0 Å². The Kier molecular flexibility index (Phi) is 4.90. The molecular weight excluding hydrogens is 275 g/mol. The fourth-order valence-corrected chi connectivity index (χ4v) is 2.81. The average molecular weight is 293 g/mol. The summed E-state index contributed by atoms with van der Waals surface area (Å²) in [4.78, 5) is 0. The van der Waals surface area contributed by atoms with Gasteiger partial charge >= 0.3 is 0 Å². The molecule has 0 spiro atoms. The Morgan fingerprint density at radius 1 is 1.00 bits per heavy atom. The average Bonchev–Trinajstić information content (AvgIpc) is 2.38. The highest BCUT2D eigenvalue weighted by atomic mass is 35.5. The van der Waals surface area contributed by atoms with Gasteiger partial charge in [-0.3, -0.25) is 0 Å². The van der Waals surface area contributed by atoms with E-state index in [2.05, 4.69) is 37.3 Å². The molecule has 2 aromatic rings. The van der Waals surface area contributed by atoms with E-state index in [0.717, 1.165) is 34.6 Å². The van der Waals surface area contributed by atoms with Crippen molar-refractivity contribution in [3.05, 3.63) is 69.7 Å². The third-order valence-corrected chi connectivity index (χ3v) is 3.89. The van der Waals surface area contributed by atoms with E-state index in [0.29, 0.717) is 0 Å². The summed E-state index contributed by atoms with van der Waals surface area (Å²) in [6.07, 6.45) is 2.28. The summed E-state index contributed by atoms with van der Waals surface area (Å²) in [5, 5.41) is 0.594. The first-order valence-electron chi connectivity index (χ1n) is 6.60. The van der Waals surface area contributed by atoms with E-state index < -0.39 is 0 Å². The summed E-state index contributed by atoms with van der Waals surface area (Å²) in [6, 6.07) is 14.5. The lowest BCUT2D eigenvalue weighted by Gasteiger charge is -2.12. The Morgan fingerprint density at radius 2 is 1.68 bits per heavy atom. The summed E-state index contributed by atoms with van der Waals surface area (Å²) < 4.78 is 0. The SMILES string of the molecule is CCCc1ccc(C(Cl)c2cc(C)cc(Cl)c2)cc1. The Morgan fingerprint density at radius 3 is 2.26 bits per heavy atom. The van der Waals surface area contributed by atoms with Gasteiger partial charge in [0.05, 0.1) is 5.38 Å². The lowest BCUT2D eigenvalue weighted by Crippen LogP contribution is -1.95. The fraction of sp³-hybridized carbons (Fsp3) is 0.294. The third kappa shape index (κ3) is 3.75. The summed E-state index contributed by atoms with van der Waals surface area (Å²) in [5.74, 6) is 0. The molecule has 0 aliphatic rings. The van der Waals surface area contributed by atoms with Gasteiger partial charge in [0.25, 0.3) is 0 Å². The lowest BCUT2D eigenvalue weighted by molar-refractivity contribution is 0.920. The Hall–Kier alpha value is -0.980. The zero-order valence-corrected chi connectivity index (χ0v) is 12.8. The third-order valence-electron chi connectivity index (χ3n) is 3.17. The van der Waals surface area contributed by atoms with Crippen LogP contribution in [0.4, 0.5) is 0 Å². The molecule has 0 heterocycles. The number of rotatable bonds is 4. The van der Waals surface area contributed by atoms with Crippen LogP contribution in [-0.4, -0.2) is 0 Å². The second-order valence-electron chi connectivity index (χ2n) is 4.92. The maximum absolute atomic E-state index is 6.55. The minimum atomic E-state index is -0.145. The molecule has 19 heavy (non-hydrogen) atoms. The molecule has 0 saturated heterocycles. The number of alkyl halides is 1. The second-order valence-corrected chi connectivity index (χ2v) is 5.79. The van der Waals surface area contributed by atoms with Crippen molar-refractivity contribution >= 4 is 23.2 Å². The van der Waals surface area contributed by atoms with Crippen LogP contribution in [0.1, 0.15) is 41.0 Å². The number of halogens is 2. The van der Waals surface area contributed by atoms with Crippen molar-refractivity contribution in [3.63, 3.8) is 0 Å². The molecule has 0 fully saturated rings. The first-order chi connectivity index (χ1) is 9.10. The van der Waals surface area contributed by atoms with Crippen molar-refractivity contribution in [2.24, 2.45) is 0 Å². The minimum Gasteiger partial charge on any atom is -0.113 e. The number of hydrogen-bond donors (Lipinski definition) is 0. The number of benzene rings is 2. The van der Waals surface area contributed by atoms with E-state index in [1.54, 1.807) is 0 Å². The van der Waals surface area contributed by atoms with Gasteiger partial charge < -0.3 is 0 Å². The first-order valence-corrected chi connectivity index (χ1v) is 7.41. The normalized spacial score (nSPS) is 12.4. The van der Waals surface area contributed by atoms with Gasteiger partial charge in [0.15, 0.2) is 0 Å². The standard InChI is InChI=1S/C17H18Cl2/c1-3-4-13-5-7-14(8-6-13)17(19)15-9-12(2)10-16(18)11-15/h5-11,17H,3-4H2,1-2H3. The summed E-state index contributed by atoms with van der Waals surface area (Å²) in [6.45, 7) is 4.22. The fourth-order valence-electron chi connectivity index (χ4n) is 2.25. The lowest BCUT2D eigenvalue weighted by atomic mass is 10.0. The molecule has 1 unspecified atom stereocenters. The summed E-state index contributed by atoms with van der Waals surface area (Å²) >= 11 is 12.6. The van der Waals surface area contributed by atoms with E-state index in [9.17, 15) is 0 Å². The molecule has 0 nitrogen and oxygen atoms in total. The molecule has 0 aliphatic heterocycles. The van der Waals surface area contributed by atoms with Crippen LogP contribution < -0.4 is 0 Å². The molecule has 2 rings (SSSR count). The predicted octanol–water partition coefficient (Wildman–Crippen LogP) is 5.93. The van der Waals surface area contributed by atoms with Crippen molar-refractivity contribution in [1.82, 2.24) is 0 Å². The van der Waals surface area contributed by atoms with Crippen LogP contribution in [0.5, 0.6) is 0 Å². The quantitative estimate of drug-likeness (QED) is 0.613. The van der Waals surface area contributed by atoms with Gasteiger partial charge in [0, 0.05) is 5.02 Å². The molecule has 0 bridgehead atoms. The van der Waals surface area contributed by atoms with Gasteiger partial charge in [0.2, 0.25) is 0 Å². The summed E-state index contributed by atoms with van der Waals surface area (Å²) in [7, 11) is 0. The molecule has 100 valence electrons. The second kappa shape index (κ2) is 6.45. The van der Waals surface area contributed by atoms with Crippen LogP contribution in [0.2, 0.25) is 5.02 Å². The van der Waals surface area contributed by atoms with Gasteiger partial charge in [-0.05, 0) is 47.7 Å². The highest BCUT2D eigenvalue weighted by Crippen LogP contribution is 2.31. The van der Waals surface area contributed by atoms with Crippen molar-refractivity contribution in [3.8, 4) is 0 Å². The van der Waals surface area contributed by atoms with Crippen molar-refractivity contribution in [2.45, 2.75) is 32.1 Å². The molecular formula is C17H18Cl2. The zero-order chi connectivity index (χ0) is 13.8. The van der Waals surface area contributed by atoms with E-state index >= 15 is 0 Å². The maximum atomic E-state index is 6.55. The molecule has 0 aliphatic carbocycles. The Bertz CT molecular complexity index is 523. The Labute approximate surface area is 125 Å². The minimum absolute atomic E-state index is 0.145. The van der Waals surface area contributed by atoms with Crippen LogP contribution in [0.15, 0.2) is 42.5 Å². The monoisotopic (exact) mass is 292 g/mol. The maximum Gasteiger partial charge on any atom is 0.0836 e. The van der Waals surface area contributed by atoms with E-state index in [-0.39, 0.29) is 5.38 Å². The van der Waals surface area contributed by atoms with Crippen molar-refractivity contribution < 1.29 is 0 Å². The number of aryl methyl sites for hydroxylation is 2. The zero-order valence-electron chi connectivity index (χ0n) is 11.3. The van der Waals surface area contributed by atoms with Crippen LogP contribution >= 0.6 is 23.2 Å². The summed E-state index contributed by atoms with van der Waals surface area (Å²) in [5.41, 5.74) is 4.66. The van der Waals surface area contributed by atoms with Crippen molar-refractivity contribution in [1.29, 1.82) is 0 Å². The molecule has 2 heteroatoms. The molecule has 0 aromatic heterocycles. The van der Waals surface area contributed by atoms with Gasteiger partial charge in [-0.25, -0.2) is 0 Å². The molecule has 0 saturated carbocycles. The van der Waals surface area contributed by atoms with E-state index in [1.165, 1.54) is 5.56 Å². The molecule has 0 amide bonds. The molecule has 1 atom stereocenters. The topological polar surface area (TPSA) is 0 Å². The Balaban J connectivity index is 2.25. The number of hydrogen-bond acceptors (Lipinski definition) is 0. The van der Waals surface area contributed by atoms with Crippen LogP contribution in [0, 0.1) is 6.92 Å².